The number of allylic oxidation sites excluding steroid dienone is 5. The quantitative estimate of drug-likeness (QED) is 0.434. The Morgan fingerprint density at radius 2 is 1.86 bits per heavy atom. The Morgan fingerprint density at radius 3 is 2.24 bits per heavy atom. The number of nitriles is 2. The predicted molar refractivity (Wildman–Crippen MR) is 76.7 cm³/mol. The van der Waals surface area contributed by atoms with Crippen LogP contribution in [0.25, 0.3) is 0 Å². The SMILES string of the molecule is C=C(C)N(CCOS(=O)(=O)O)/C(C)=C\C(C)=C(C#N)C#N. The summed E-state index contributed by atoms with van der Waals surface area (Å²) in [5, 5.41) is 17.6. The highest BCUT2D eigenvalue weighted by Crippen LogP contribution is 2.15. The fourth-order valence-corrected chi connectivity index (χ4v) is 1.85. The van der Waals surface area contributed by atoms with Crippen molar-refractivity contribution in [1.29, 1.82) is 10.5 Å². The minimum absolute atomic E-state index is 0.00907. The van der Waals surface area contributed by atoms with E-state index in [2.05, 4.69) is 10.8 Å². The van der Waals surface area contributed by atoms with Gasteiger partial charge < -0.3 is 4.90 Å². The predicted octanol–water partition coefficient (Wildman–Crippen LogP) is 1.91. The summed E-state index contributed by atoms with van der Waals surface area (Å²) in [6, 6.07) is 3.57. The van der Waals surface area contributed by atoms with Crippen molar-refractivity contribution in [1.82, 2.24) is 4.90 Å². The monoisotopic (exact) mass is 311 g/mol. The average molecular weight is 311 g/mol. The molecule has 8 heteroatoms. The van der Waals surface area contributed by atoms with Crippen LogP contribution in [-0.4, -0.2) is 31.0 Å². The first-order chi connectivity index (χ1) is 9.62. The van der Waals surface area contributed by atoms with E-state index in [-0.39, 0.29) is 18.7 Å². The molecule has 7 nitrogen and oxygen atoms in total. The molecule has 0 fully saturated rings. The third-order valence-electron chi connectivity index (χ3n) is 2.48. The third-order valence-corrected chi connectivity index (χ3v) is 2.94. The lowest BCUT2D eigenvalue weighted by Gasteiger charge is -2.25. The van der Waals surface area contributed by atoms with Gasteiger partial charge in [0.25, 0.3) is 0 Å². The van der Waals surface area contributed by atoms with E-state index in [9.17, 15) is 8.42 Å². The average Bonchev–Trinajstić information content (AvgIpc) is 2.34. The van der Waals surface area contributed by atoms with Crippen LogP contribution in [0, 0.1) is 22.7 Å². The molecule has 0 atom stereocenters. The molecule has 0 rings (SSSR count). The molecule has 21 heavy (non-hydrogen) atoms. The first kappa shape index (κ1) is 18.9. The Bertz CT molecular complexity index is 632. The number of hydrogen-bond donors (Lipinski definition) is 1. The van der Waals surface area contributed by atoms with Crippen LogP contribution in [0.1, 0.15) is 20.8 Å². The van der Waals surface area contributed by atoms with Gasteiger partial charge >= 0.3 is 10.4 Å². The molecule has 0 aliphatic carbocycles. The molecule has 0 radical (unpaired) electrons. The van der Waals surface area contributed by atoms with E-state index in [0.29, 0.717) is 17.0 Å². The van der Waals surface area contributed by atoms with Crippen molar-refractivity contribution in [3.63, 3.8) is 0 Å². The molecule has 0 aromatic heterocycles. The second-order valence-electron chi connectivity index (χ2n) is 4.20. The lowest BCUT2D eigenvalue weighted by atomic mass is 10.1. The Morgan fingerprint density at radius 1 is 1.33 bits per heavy atom. The van der Waals surface area contributed by atoms with Gasteiger partial charge in [0, 0.05) is 17.9 Å². The zero-order valence-electron chi connectivity index (χ0n) is 12.1. The van der Waals surface area contributed by atoms with Gasteiger partial charge in [0.2, 0.25) is 0 Å². The fourth-order valence-electron chi connectivity index (χ4n) is 1.57. The van der Waals surface area contributed by atoms with Crippen molar-refractivity contribution in [2.24, 2.45) is 0 Å². The van der Waals surface area contributed by atoms with E-state index < -0.39 is 10.4 Å². The number of rotatable bonds is 7. The van der Waals surface area contributed by atoms with Gasteiger partial charge in [-0.25, -0.2) is 4.18 Å². The van der Waals surface area contributed by atoms with E-state index in [1.807, 2.05) is 0 Å². The van der Waals surface area contributed by atoms with Crippen molar-refractivity contribution in [2.75, 3.05) is 13.2 Å². The topological polar surface area (TPSA) is 114 Å². The second kappa shape index (κ2) is 8.22. The maximum atomic E-state index is 10.5. The molecule has 0 aliphatic heterocycles. The van der Waals surface area contributed by atoms with Crippen molar-refractivity contribution in [3.8, 4) is 12.1 Å². The normalized spacial score (nSPS) is 11.2. The minimum Gasteiger partial charge on any atom is -0.347 e. The summed E-state index contributed by atoms with van der Waals surface area (Å²) >= 11 is 0. The lowest BCUT2D eigenvalue weighted by Crippen LogP contribution is -2.25. The Balaban J connectivity index is 5.15. The highest BCUT2D eigenvalue weighted by Gasteiger charge is 2.10. The molecule has 1 N–H and O–H groups in total. The summed E-state index contributed by atoms with van der Waals surface area (Å²) in [5.41, 5.74) is 1.75. The molecule has 0 spiro atoms. The van der Waals surface area contributed by atoms with Crippen LogP contribution in [0.4, 0.5) is 0 Å². The smallest absolute Gasteiger partial charge is 0.347 e. The molecule has 0 unspecified atom stereocenters. The summed E-state index contributed by atoms with van der Waals surface area (Å²) in [7, 11) is -4.49. The molecule has 0 saturated carbocycles. The van der Waals surface area contributed by atoms with E-state index in [0.717, 1.165) is 0 Å². The summed E-state index contributed by atoms with van der Waals surface area (Å²) in [6.07, 6.45) is 1.61. The van der Waals surface area contributed by atoms with Crippen LogP contribution in [0.2, 0.25) is 0 Å². The van der Waals surface area contributed by atoms with Crippen LogP contribution >= 0.6 is 0 Å². The van der Waals surface area contributed by atoms with Gasteiger partial charge in [-0.2, -0.15) is 18.9 Å². The summed E-state index contributed by atoms with van der Waals surface area (Å²) in [5.74, 6) is 0. The molecule has 0 aromatic rings. The van der Waals surface area contributed by atoms with Gasteiger partial charge in [-0.1, -0.05) is 6.58 Å². The first-order valence-electron chi connectivity index (χ1n) is 5.86. The number of nitrogens with zero attached hydrogens (tertiary/aromatic N) is 3. The van der Waals surface area contributed by atoms with Crippen LogP contribution in [0.5, 0.6) is 0 Å². The zero-order chi connectivity index (χ0) is 16.6. The first-order valence-corrected chi connectivity index (χ1v) is 7.23. The van der Waals surface area contributed by atoms with Crippen molar-refractivity contribution in [3.05, 3.63) is 35.2 Å². The molecule has 0 saturated heterocycles. The minimum atomic E-state index is -4.49. The Labute approximate surface area is 125 Å². The van der Waals surface area contributed by atoms with E-state index >= 15 is 0 Å². The van der Waals surface area contributed by atoms with Crippen LogP contribution in [0.15, 0.2) is 35.2 Å². The van der Waals surface area contributed by atoms with Gasteiger partial charge in [0.1, 0.15) is 17.7 Å². The maximum absolute atomic E-state index is 10.5. The van der Waals surface area contributed by atoms with Gasteiger partial charge in [0.15, 0.2) is 0 Å². The molecule has 114 valence electrons. The largest absolute Gasteiger partial charge is 0.397 e. The summed E-state index contributed by atoms with van der Waals surface area (Å²) in [4.78, 5) is 1.64. The summed E-state index contributed by atoms with van der Waals surface area (Å²) in [6.45, 7) is 8.68. The third kappa shape index (κ3) is 7.28. The molecule has 0 aromatic carbocycles. The standard InChI is InChI=1S/C13H17N3O4S/c1-10(2)16(5-6-20-21(17,18)19)12(4)7-11(3)13(8-14)9-15/h7H,1,5-6H2,2-4H3,(H,17,18,19)/b12-7-. The number of hydrogen-bond acceptors (Lipinski definition) is 6. The van der Waals surface area contributed by atoms with Gasteiger partial charge in [-0.3, -0.25) is 4.55 Å². The highest BCUT2D eigenvalue weighted by molar-refractivity contribution is 7.80. The Hall–Kier alpha value is -2.13. The summed E-state index contributed by atoms with van der Waals surface area (Å²) < 4.78 is 33.8. The van der Waals surface area contributed by atoms with Crippen LogP contribution in [-0.2, 0) is 14.6 Å². The van der Waals surface area contributed by atoms with Crippen molar-refractivity contribution >= 4 is 10.4 Å². The second-order valence-corrected chi connectivity index (χ2v) is 5.30. The molecule has 0 amide bonds. The van der Waals surface area contributed by atoms with Gasteiger partial charge in [-0.05, 0) is 32.4 Å². The molecular weight excluding hydrogens is 294 g/mol. The fraction of sp³-hybridized carbons (Fsp3) is 0.385. The maximum Gasteiger partial charge on any atom is 0.397 e. The molecule has 0 heterocycles. The van der Waals surface area contributed by atoms with Crippen molar-refractivity contribution in [2.45, 2.75) is 20.8 Å². The van der Waals surface area contributed by atoms with Crippen LogP contribution < -0.4 is 0 Å². The molecular formula is C13H17N3O4S. The lowest BCUT2D eigenvalue weighted by molar-refractivity contribution is 0.240. The zero-order valence-corrected chi connectivity index (χ0v) is 12.9. The highest BCUT2D eigenvalue weighted by atomic mass is 32.3. The molecule has 0 aliphatic rings. The Kier molecular flexibility index (Phi) is 7.39. The van der Waals surface area contributed by atoms with Gasteiger partial charge in [0.05, 0.1) is 6.61 Å². The molecule has 0 bridgehead atoms. The van der Waals surface area contributed by atoms with E-state index in [1.54, 1.807) is 43.9 Å². The van der Waals surface area contributed by atoms with Crippen LogP contribution in [0.3, 0.4) is 0 Å². The van der Waals surface area contributed by atoms with Gasteiger partial charge in [-0.15, -0.1) is 0 Å². The van der Waals surface area contributed by atoms with Crippen molar-refractivity contribution < 1.29 is 17.2 Å². The van der Waals surface area contributed by atoms with E-state index in [1.165, 1.54) is 0 Å². The van der Waals surface area contributed by atoms with E-state index in [4.69, 9.17) is 15.1 Å².